The van der Waals surface area contributed by atoms with Crippen molar-refractivity contribution in [3.63, 3.8) is 0 Å². The predicted octanol–water partition coefficient (Wildman–Crippen LogP) is 9.97. The Morgan fingerprint density at radius 1 is 0.795 bits per heavy atom. The van der Waals surface area contributed by atoms with Gasteiger partial charge in [0.15, 0.2) is 17.5 Å². The smallest absolute Gasteiger partial charge is 0.427 e. The first-order valence-electron chi connectivity index (χ1n) is 14.3. The zero-order valence-electron chi connectivity index (χ0n) is 22.1. The van der Waals surface area contributed by atoms with Gasteiger partial charge in [-0.25, -0.2) is 18.2 Å². The fourth-order valence-corrected chi connectivity index (χ4v) is 8.54. The maximum absolute atomic E-state index is 14.8. The molecule has 0 N–H and O–H groups in total. The average molecular weight is 564 g/mol. The highest BCUT2D eigenvalue weighted by Crippen LogP contribution is 2.50. The number of fused-ring (bicyclic) bond motifs is 2. The Balaban J connectivity index is 1.10. The maximum Gasteiger partial charge on any atom is 0.454 e. The third kappa shape index (κ3) is 5.55. The van der Waals surface area contributed by atoms with Gasteiger partial charge in [0.05, 0.1) is 10.2 Å². The van der Waals surface area contributed by atoms with Crippen molar-refractivity contribution in [2.75, 3.05) is 0 Å². The molecule has 4 atom stereocenters. The Hall–Kier alpha value is -2.22. The molecule has 3 fully saturated rings. The summed E-state index contributed by atoms with van der Waals surface area (Å²) in [6.07, 6.45) is 9.19. The van der Waals surface area contributed by atoms with Gasteiger partial charge in [0.2, 0.25) is 5.01 Å². The lowest BCUT2D eigenvalue weighted by molar-refractivity contribution is -0.185. The number of rotatable bonds is 5. The molecule has 0 amide bonds. The topological polar surface area (TPSA) is 22.1 Å². The van der Waals surface area contributed by atoms with Crippen LogP contribution in [0, 0.1) is 47.0 Å². The molecule has 210 valence electrons. The molecule has 2 aromatic carbocycles. The van der Waals surface area contributed by atoms with E-state index in [0.29, 0.717) is 28.3 Å². The lowest BCUT2D eigenvalue weighted by Gasteiger charge is -2.45. The summed E-state index contributed by atoms with van der Waals surface area (Å²) in [5, 5.41) is -0.615. The summed E-state index contributed by atoms with van der Waals surface area (Å²) in [6, 6.07) is 6.48. The molecule has 8 heteroatoms. The van der Waals surface area contributed by atoms with E-state index in [0.717, 1.165) is 59.3 Å². The summed E-state index contributed by atoms with van der Waals surface area (Å²) in [6.45, 7) is 2.41. The van der Waals surface area contributed by atoms with Crippen LogP contribution in [-0.4, -0.2) is 4.98 Å². The van der Waals surface area contributed by atoms with E-state index >= 15 is 0 Å². The number of halogens is 5. The number of aromatic nitrogens is 1. The van der Waals surface area contributed by atoms with Crippen LogP contribution in [0.25, 0.3) is 10.2 Å². The third-order valence-corrected chi connectivity index (χ3v) is 10.8. The first-order chi connectivity index (χ1) is 18.7. The molecule has 3 aliphatic carbocycles. The van der Waals surface area contributed by atoms with E-state index in [1.807, 2.05) is 12.1 Å². The second kappa shape index (κ2) is 10.6. The van der Waals surface area contributed by atoms with Crippen molar-refractivity contribution in [3.8, 4) is 5.75 Å². The fourth-order valence-electron chi connectivity index (χ4n) is 7.61. The van der Waals surface area contributed by atoms with E-state index < -0.39 is 34.3 Å². The minimum absolute atomic E-state index is 0.398. The van der Waals surface area contributed by atoms with Crippen LogP contribution < -0.4 is 4.74 Å². The Bertz CT molecular complexity index is 1310. The van der Waals surface area contributed by atoms with Gasteiger partial charge < -0.3 is 4.74 Å². The quantitative estimate of drug-likeness (QED) is 0.228. The molecule has 39 heavy (non-hydrogen) atoms. The van der Waals surface area contributed by atoms with E-state index in [2.05, 4.69) is 16.6 Å². The second-order valence-electron chi connectivity index (χ2n) is 12.2. The normalized spacial score (nSPS) is 29.8. The van der Waals surface area contributed by atoms with Gasteiger partial charge >= 0.3 is 6.11 Å². The average Bonchev–Trinajstić information content (AvgIpc) is 3.36. The van der Waals surface area contributed by atoms with Crippen LogP contribution in [0.3, 0.4) is 0 Å². The van der Waals surface area contributed by atoms with Gasteiger partial charge in [-0.2, -0.15) is 8.78 Å². The first kappa shape index (κ1) is 27.0. The van der Waals surface area contributed by atoms with Crippen molar-refractivity contribution >= 4 is 21.6 Å². The van der Waals surface area contributed by atoms with Gasteiger partial charge in [0.1, 0.15) is 5.75 Å². The predicted molar refractivity (Wildman–Crippen MR) is 142 cm³/mol. The van der Waals surface area contributed by atoms with Crippen molar-refractivity contribution in [1.29, 1.82) is 0 Å². The molecule has 3 saturated carbocycles. The van der Waals surface area contributed by atoms with Crippen LogP contribution in [-0.2, 0) is 6.11 Å². The molecule has 1 aromatic heterocycles. The van der Waals surface area contributed by atoms with Crippen LogP contribution in [0.2, 0.25) is 0 Å². The Kier molecular flexibility index (Phi) is 7.36. The summed E-state index contributed by atoms with van der Waals surface area (Å²) in [5.74, 6) is -0.885. The standard InChI is InChI=1S/C31H34F5NOS/c1-17-2-3-22-13-21(9-8-20(22)12-17)18-4-6-19(7-5-18)23-10-11-27-28(14-23)39-30(37-27)31(35,36)38-24-15-25(32)29(34)26(33)16-24/h10-11,14-22H,2-9,12-13H2,1H3. The highest BCUT2D eigenvalue weighted by molar-refractivity contribution is 7.18. The maximum atomic E-state index is 14.8. The van der Waals surface area contributed by atoms with Crippen molar-refractivity contribution in [3.05, 3.63) is 58.4 Å². The van der Waals surface area contributed by atoms with E-state index in [4.69, 9.17) is 0 Å². The highest BCUT2D eigenvalue weighted by atomic mass is 32.1. The molecular formula is C31H34F5NOS. The van der Waals surface area contributed by atoms with Crippen molar-refractivity contribution in [1.82, 2.24) is 4.98 Å². The minimum atomic E-state index is -3.92. The van der Waals surface area contributed by atoms with Gasteiger partial charge in [0.25, 0.3) is 0 Å². The largest absolute Gasteiger partial charge is 0.454 e. The van der Waals surface area contributed by atoms with Crippen LogP contribution in [0.4, 0.5) is 22.0 Å². The van der Waals surface area contributed by atoms with Gasteiger partial charge in [-0.15, -0.1) is 11.3 Å². The number of ether oxygens (including phenoxy) is 1. The lowest BCUT2D eigenvalue weighted by Crippen LogP contribution is -2.34. The van der Waals surface area contributed by atoms with Gasteiger partial charge in [-0.05, 0) is 111 Å². The molecule has 0 bridgehead atoms. The fraction of sp³-hybridized carbons (Fsp3) is 0.581. The molecule has 0 aliphatic heterocycles. The summed E-state index contributed by atoms with van der Waals surface area (Å²) >= 11 is 0.799. The van der Waals surface area contributed by atoms with Gasteiger partial charge in [-0.3, -0.25) is 0 Å². The van der Waals surface area contributed by atoms with Crippen molar-refractivity contribution < 1.29 is 26.7 Å². The lowest BCUT2D eigenvalue weighted by atomic mass is 9.61. The molecule has 4 unspecified atom stereocenters. The Morgan fingerprint density at radius 2 is 1.41 bits per heavy atom. The number of nitrogens with zero attached hydrogens (tertiary/aromatic N) is 1. The van der Waals surface area contributed by atoms with E-state index in [9.17, 15) is 22.0 Å². The SMILES string of the molecule is CC1CCC2CC(C3CCC(c4ccc5nc(C(F)(F)Oc6cc(F)c(F)c(F)c6)sc5c4)CC3)CCC2C1. The zero-order chi connectivity index (χ0) is 27.3. The highest BCUT2D eigenvalue weighted by Gasteiger charge is 2.40. The van der Waals surface area contributed by atoms with Crippen LogP contribution in [0.1, 0.15) is 87.6 Å². The molecule has 2 nitrogen and oxygen atoms in total. The van der Waals surface area contributed by atoms with Gasteiger partial charge in [-0.1, -0.05) is 19.4 Å². The van der Waals surface area contributed by atoms with E-state index in [-0.39, 0.29) is 0 Å². The molecule has 0 radical (unpaired) electrons. The summed E-state index contributed by atoms with van der Waals surface area (Å²) in [5.41, 5.74) is 1.57. The first-order valence-corrected chi connectivity index (χ1v) is 15.1. The number of benzene rings is 2. The Labute approximate surface area is 230 Å². The van der Waals surface area contributed by atoms with Crippen molar-refractivity contribution in [2.45, 2.75) is 83.2 Å². The Morgan fingerprint density at radius 3 is 2.13 bits per heavy atom. The van der Waals surface area contributed by atoms with Crippen LogP contribution in [0.15, 0.2) is 30.3 Å². The summed E-state index contributed by atoms with van der Waals surface area (Å²) in [4.78, 5) is 4.02. The molecule has 1 heterocycles. The molecule has 0 spiro atoms. The summed E-state index contributed by atoms with van der Waals surface area (Å²) in [7, 11) is 0. The monoisotopic (exact) mass is 563 g/mol. The van der Waals surface area contributed by atoms with Crippen LogP contribution in [0.5, 0.6) is 5.75 Å². The van der Waals surface area contributed by atoms with Crippen LogP contribution >= 0.6 is 11.3 Å². The number of hydrogen-bond acceptors (Lipinski definition) is 3. The zero-order valence-corrected chi connectivity index (χ0v) is 22.9. The van der Waals surface area contributed by atoms with E-state index in [1.54, 1.807) is 6.07 Å². The second-order valence-corrected chi connectivity index (χ2v) is 13.2. The third-order valence-electron chi connectivity index (χ3n) is 9.69. The molecule has 3 aliphatic rings. The minimum Gasteiger partial charge on any atom is -0.427 e. The number of alkyl halides is 2. The molecule has 0 saturated heterocycles. The van der Waals surface area contributed by atoms with E-state index in [1.165, 1.54) is 51.4 Å². The summed E-state index contributed by atoms with van der Waals surface area (Å²) < 4.78 is 74.9. The number of thiazole rings is 1. The van der Waals surface area contributed by atoms with Gasteiger partial charge in [0, 0.05) is 12.1 Å². The molecular weight excluding hydrogens is 529 g/mol. The molecule has 3 aromatic rings. The van der Waals surface area contributed by atoms with Crippen molar-refractivity contribution in [2.24, 2.45) is 29.6 Å². The molecule has 6 rings (SSSR count). The number of hydrogen-bond donors (Lipinski definition) is 0.